The molecule has 2 saturated heterocycles. The van der Waals surface area contributed by atoms with Crippen molar-refractivity contribution in [2.45, 2.75) is 50.1 Å². The predicted molar refractivity (Wildman–Crippen MR) is 83.3 cm³/mol. The lowest BCUT2D eigenvalue weighted by atomic mass is 9.85. The van der Waals surface area contributed by atoms with E-state index in [4.69, 9.17) is 0 Å². The van der Waals surface area contributed by atoms with Gasteiger partial charge in [0, 0.05) is 19.1 Å². The molecule has 0 radical (unpaired) electrons. The number of halogens is 2. The van der Waals surface area contributed by atoms with Crippen molar-refractivity contribution in [2.24, 2.45) is 0 Å². The molecule has 1 unspecified atom stereocenters. The van der Waals surface area contributed by atoms with Crippen LogP contribution < -0.4 is 0 Å². The van der Waals surface area contributed by atoms with Gasteiger partial charge in [-0.2, -0.15) is 0 Å². The molecule has 6 heteroatoms. The van der Waals surface area contributed by atoms with Crippen LogP contribution in [0.2, 0.25) is 0 Å². The van der Waals surface area contributed by atoms with E-state index in [1.165, 1.54) is 17.0 Å². The molecular weight excluding hydrogens is 314 g/mol. The zero-order valence-corrected chi connectivity index (χ0v) is 13.4. The smallest absolute Gasteiger partial charge is 0.257 e. The fraction of sp³-hybridized carbons (Fsp3) is 0.556. The Balaban J connectivity index is 1.68. The van der Waals surface area contributed by atoms with Gasteiger partial charge in [-0.05, 0) is 50.7 Å². The van der Waals surface area contributed by atoms with Crippen LogP contribution in [0.1, 0.15) is 48.9 Å². The molecule has 2 amide bonds. The second-order valence-electron chi connectivity index (χ2n) is 7.03. The van der Waals surface area contributed by atoms with Crippen LogP contribution in [0.5, 0.6) is 0 Å². The van der Waals surface area contributed by atoms with Crippen molar-refractivity contribution in [1.82, 2.24) is 9.80 Å². The summed E-state index contributed by atoms with van der Waals surface area (Å²) in [6.07, 6.45) is 4.82. The minimum atomic E-state index is -1.13. The Kier molecular flexibility index (Phi) is 3.58. The summed E-state index contributed by atoms with van der Waals surface area (Å²) in [5.74, 6) is -2.75. The van der Waals surface area contributed by atoms with Crippen molar-refractivity contribution >= 4 is 11.8 Å². The van der Waals surface area contributed by atoms with Gasteiger partial charge in [-0.1, -0.05) is 6.07 Å². The molecule has 1 saturated carbocycles. The van der Waals surface area contributed by atoms with Crippen molar-refractivity contribution in [3.63, 3.8) is 0 Å². The number of likely N-dealkylation sites (tertiary alicyclic amines) is 2. The van der Waals surface area contributed by atoms with Crippen molar-refractivity contribution in [3.05, 3.63) is 35.4 Å². The summed E-state index contributed by atoms with van der Waals surface area (Å²) in [5.41, 5.74) is -1.15. The molecule has 2 heterocycles. The van der Waals surface area contributed by atoms with Crippen LogP contribution in [0.25, 0.3) is 0 Å². The number of carbonyl (C=O) groups is 2. The van der Waals surface area contributed by atoms with Crippen LogP contribution in [0, 0.1) is 11.6 Å². The lowest BCUT2D eigenvalue weighted by Crippen LogP contribution is -2.61. The van der Waals surface area contributed by atoms with Gasteiger partial charge in [0.05, 0.1) is 5.56 Å². The molecular formula is C18H20F2N2O2. The number of benzene rings is 1. The highest BCUT2D eigenvalue weighted by Crippen LogP contribution is 2.42. The number of hydrogen-bond acceptors (Lipinski definition) is 2. The molecule has 0 bridgehead atoms. The maximum Gasteiger partial charge on any atom is 0.257 e. The van der Waals surface area contributed by atoms with Crippen LogP contribution in [-0.2, 0) is 4.79 Å². The quantitative estimate of drug-likeness (QED) is 0.834. The Morgan fingerprint density at radius 2 is 1.83 bits per heavy atom. The largest absolute Gasteiger partial charge is 0.338 e. The van der Waals surface area contributed by atoms with Crippen LogP contribution in [0.4, 0.5) is 8.78 Å². The Hall–Kier alpha value is -1.98. The molecule has 1 aromatic carbocycles. The third-order valence-electron chi connectivity index (χ3n) is 5.55. The number of nitrogens with zero attached hydrogens (tertiary/aromatic N) is 2. The van der Waals surface area contributed by atoms with Gasteiger partial charge in [0.2, 0.25) is 5.91 Å². The predicted octanol–water partition coefficient (Wildman–Crippen LogP) is 2.72. The van der Waals surface area contributed by atoms with Gasteiger partial charge in [0.15, 0.2) is 11.6 Å². The van der Waals surface area contributed by atoms with Gasteiger partial charge in [0.1, 0.15) is 5.54 Å². The minimum absolute atomic E-state index is 0.00101. The molecule has 4 rings (SSSR count). The summed E-state index contributed by atoms with van der Waals surface area (Å²) in [4.78, 5) is 29.4. The van der Waals surface area contributed by atoms with E-state index in [0.29, 0.717) is 31.8 Å². The number of carbonyl (C=O) groups excluding carboxylic acids is 2. The minimum Gasteiger partial charge on any atom is -0.338 e. The highest BCUT2D eigenvalue weighted by atomic mass is 19.2. The average Bonchev–Trinajstić information content (AvgIpc) is 3.33. The van der Waals surface area contributed by atoms with Crippen LogP contribution in [0.15, 0.2) is 18.2 Å². The van der Waals surface area contributed by atoms with Crippen LogP contribution in [0.3, 0.4) is 0 Å². The summed E-state index contributed by atoms with van der Waals surface area (Å²) in [6, 6.07) is 3.91. The summed E-state index contributed by atoms with van der Waals surface area (Å²) in [6.45, 7) is 1.15. The number of rotatable bonds is 2. The Labute approximate surface area is 139 Å². The molecule has 0 aromatic heterocycles. The summed E-state index contributed by atoms with van der Waals surface area (Å²) < 4.78 is 27.5. The topological polar surface area (TPSA) is 40.6 Å². The fourth-order valence-electron chi connectivity index (χ4n) is 4.22. The molecule has 2 aliphatic heterocycles. The van der Waals surface area contributed by atoms with Crippen molar-refractivity contribution < 1.29 is 18.4 Å². The molecule has 1 aliphatic carbocycles. The second kappa shape index (κ2) is 5.53. The highest BCUT2D eigenvalue weighted by molar-refractivity contribution is 6.00. The first kappa shape index (κ1) is 15.5. The summed E-state index contributed by atoms with van der Waals surface area (Å²) in [5, 5.41) is 0. The van der Waals surface area contributed by atoms with E-state index in [-0.39, 0.29) is 11.5 Å². The highest BCUT2D eigenvalue weighted by Gasteiger charge is 2.55. The van der Waals surface area contributed by atoms with E-state index in [0.717, 1.165) is 31.9 Å². The Morgan fingerprint density at radius 1 is 1.12 bits per heavy atom. The van der Waals surface area contributed by atoms with Gasteiger partial charge in [0.25, 0.3) is 5.91 Å². The van der Waals surface area contributed by atoms with Crippen LogP contribution >= 0.6 is 0 Å². The summed E-state index contributed by atoms with van der Waals surface area (Å²) >= 11 is 0. The molecule has 3 fully saturated rings. The first-order valence-corrected chi connectivity index (χ1v) is 8.62. The van der Waals surface area contributed by atoms with E-state index in [2.05, 4.69) is 0 Å². The van der Waals surface area contributed by atoms with E-state index in [9.17, 15) is 18.4 Å². The molecule has 1 aromatic rings. The average molecular weight is 334 g/mol. The standard InChI is InChI=1S/C18H20F2N2O2/c19-14-5-1-4-13(15(14)20)16(23)22-11-3-9-18(22)8-2-10-21(17(18)24)12-6-7-12/h1,4-5,12H,2-3,6-11H2. The first-order chi connectivity index (χ1) is 11.5. The van der Waals surface area contributed by atoms with Crippen molar-refractivity contribution in [3.8, 4) is 0 Å². The zero-order chi connectivity index (χ0) is 16.9. The van der Waals surface area contributed by atoms with Gasteiger partial charge in [-0.3, -0.25) is 9.59 Å². The SMILES string of the molecule is O=C(c1cccc(F)c1F)N1CCCC12CCCN(C1CC1)C2=O. The molecule has 128 valence electrons. The van der Waals surface area contributed by atoms with Crippen molar-refractivity contribution in [1.29, 1.82) is 0 Å². The lowest BCUT2D eigenvalue weighted by molar-refractivity contribution is -0.146. The van der Waals surface area contributed by atoms with Gasteiger partial charge < -0.3 is 9.80 Å². The zero-order valence-electron chi connectivity index (χ0n) is 13.4. The van der Waals surface area contributed by atoms with Gasteiger partial charge in [-0.25, -0.2) is 8.78 Å². The molecule has 3 aliphatic rings. The van der Waals surface area contributed by atoms with Crippen molar-refractivity contribution in [2.75, 3.05) is 13.1 Å². The van der Waals surface area contributed by atoms with Gasteiger partial charge in [-0.15, -0.1) is 0 Å². The monoisotopic (exact) mass is 334 g/mol. The maximum absolute atomic E-state index is 14.1. The van der Waals surface area contributed by atoms with Crippen LogP contribution in [-0.4, -0.2) is 46.3 Å². The molecule has 1 atom stereocenters. The van der Waals surface area contributed by atoms with E-state index < -0.39 is 23.1 Å². The Morgan fingerprint density at radius 3 is 2.54 bits per heavy atom. The fourth-order valence-corrected chi connectivity index (χ4v) is 4.22. The maximum atomic E-state index is 14.1. The van der Waals surface area contributed by atoms with E-state index in [1.807, 2.05) is 4.90 Å². The molecule has 24 heavy (non-hydrogen) atoms. The van der Waals surface area contributed by atoms with E-state index in [1.54, 1.807) is 0 Å². The number of piperidine rings is 1. The lowest BCUT2D eigenvalue weighted by Gasteiger charge is -2.44. The van der Waals surface area contributed by atoms with Gasteiger partial charge >= 0.3 is 0 Å². The Bertz CT molecular complexity index is 704. The summed E-state index contributed by atoms with van der Waals surface area (Å²) in [7, 11) is 0. The third kappa shape index (κ3) is 2.23. The molecule has 4 nitrogen and oxygen atoms in total. The molecule has 0 N–H and O–H groups in total. The number of amides is 2. The molecule has 1 spiro atoms. The first-order valence-electron chi connectivity index (χ1n) is 8.62. The normalized spacial score (nSPS) is 27.2. The third-order valence-corrected chi connectivity index (χ3v) is 5.55. The number of hydrogen-bond donors (Lipinski definition) is 0. The van der Waals surface area contributed by atoms with E-state index >= 15 is 0 Å². The second-order valence-corrected chi connectivity index (χ2v) is 7.03.